The smallest absolute Gasteiger partial charge is 0.251 e. The molecule has 134 valence electrons. The van der Waals surface area contributed by atoms with E-state index in [1.807, 2.05) is 0 Å². The van der Waals surface area contributed by atoms with Gasteiger partial charge in [-0.3, -0.25) is 9.59 Å². The Morgan fingerprint density at radius 1 is 1.16 bits per heavy atom. The molecule has 3 heterocycles. The van der Waals surface area contributed by atoms with E-state index >= 15 is 0 Å². The predicted molar refractivity (Wildman–Crippen MR) is 82.2 cm³/mol. The first-order valence-corrected chi connectivity index (χ1v) is 7.95. The Hall–Kier alpha value is -2.36. The number of amides is 2. The van der Waals surface area contributed by atoms with Crippen molar-refractivity contribution < 1.29 is 33.3 Å². The number of nitrogens with one attached hydrogen (secondary N) is 1. The highest BCUT2D eigenvalue weighted by molar-refractivity contribution is 5.95. The first-order chi connectivity index (χ1) is 12.1. The third-order valence-electron chi connectivity index (χ3n) is 4.40. The molecule has 0 unspecified atom stereocenters. The lowest BCUT2D eigenvalue weighted by molar-refractivity contribution is -0.126. The SMILES string of the molecule is NC(=O)CO[C@@H]1CO[C@H]2[C@@H]1OC[C@@H]2NC(=O)c1ccc2c(c1)OCO2. The van der Waals surface area contributed by atoms with E-state index in [0.717, 1.165) is 0 Å². The van der Waals surface area contributed by atoms with Crippen molar-refractivity contribution in [2.75, 3.05) is 26.6 Å². The highest BCUT2D eigenvalue weighted by Crippen LogP contribution is 2.33. The van der Waals surface area contributed by atoms with Gasteiger partial charge in [-0.25, -0.2) is 0 Å². The van der Waals surface area contributed by atoms with E-state index in [1.165, 1.54) is 0 Å². The molecule has 0 aromatic heterocycles. The second-order valence-corrected chi connectivity index (χ2v) is 6.06. The Kier molecular flexibility index (Phi) is 4.20. The van der Waals surface area contributed by atoms with Gasteiger partial charge in [-0.05, 0) is 18.2 Å². The summed E-state index contributed by atoms with van der Waals surface area (Å²) in [4.78, 5) is 23.3. The maximum atomic E-state index is 12.5. The summed E-state index contributed by atoms with van der Waals surface area (Å²) in [6, 6.07) is 4.71. The summed E-state index contributed by atoms with van der Waals surface area (Å²) in [5, 5.41) is 2.91. The maximum absolute atomic E-state index is 12.5. The predicted octanol–water partition coefficient (Wildman–Crippen LogP) is -0.818. The molecule has 0 bridgehead atoms. The lowest BCUT2D eigenvalue weighted by atomic mass is 10.1. The second-order valence-electron chi connectivity index (χ2n) is 6.06. The summed E-state index contributed by atoms with van der Waals surface area (Å²) >= 11 is 0. The molecule has 2 saturated heterocycles. The summed E-state index contributed by atoms with van der Waals surface area (Å²) in [6.07, 6.45) is -1.03. The molecule has 4 atom stereocenters. The number of ether oxygens (including phenoxy) is 5. The van der Waals surface area contributed by atoms with E-state index < -0.39 is 5.91 Å². The molecule has 3 aliphatic rings. The topological polar surface area (TPSA) is 118 Å². The Labute approximate surface area is 143 Å². The fourth-order valence-electron chi connectivity index (χ4n) is 3.21. The molecule has 25 heavy (non-hydrogen) atoms. The highest BCUT2D eigenvalue weighted by atomic mass is 16.7. The third-order valence-corrected chi connectivity index (χ3v) is 4.40. The van der Waals surface area contributed by atoms with Crippen molar-refractivity contribution in [3.8, 4) is 11.5 Å². The molecule has 0 radical (unpaired) electrons. The van der Waals surface area contributed by atoms with Crippen LogP contribution in [0.2, 0.25) is 0 Å². The number of hydrogen-bond acceptors (Lipinski definition) is 7. The Bertz CT molecular complexity index is 695. The van der Waals surface area contributed by atoms with Crippen molar-refractivity contribution in [2.45, 2.75) is 24.4 Å². The summed E-state index contributed by atoms with van der Waals surface area (Å²) in [6.45, 7) is 0.567. The van der Waals surface area contributed by atoms with Crippen LogP contribution in [0.4, 0.5) is 0 Å². The van der Waals surface area contributed by atoms with Crippen molar-refractivity contribution in [1.82, 2.24) is 5.32 Å². The number of benzene rings is 1. The van der Waals surface area contributed by atoms with E-state index in [9.17, 15) is 9.59 Å². The van der Waals surface area contributed by atoms with Gasteiger partial charge in [0.25, 0.3) is 5.91 Å². The fourth-order valence-corrected chi connectivity index (χ4v) is 3.21. The van der Waals surface area contributed by atoms with Crippen molar-refractivity contribution in [3.05, 3.63) is 23.8 Å². The standard InChI is InChI=1S/C16H18N2O7/c17-13(19)6-21-12-5-23-14-9(4-22-15(12)14)18-16(20)8-1-2-10-11(3-8)25-7-24-10/h1-3,9,12,14-15H,4-7H2,(H2,17,19)(H,18,20)/t9-,12+,14+,15+/m0/s1. The molecule has 0 spiro atoms. The average molecular weight is 350 g/mol. The van der Waals surface area contributed by atoms with Crippen LogP contribution in [0.5, 0.6) is 11.5 Å². The quantitative estimate of drug-likeness (QED) is 0.712. The zero-order valence-electron chi connectivity index (χ0n) is 13.3. The number of nitrogens with two attached hydrogens (primary N) is 1. The van der Waals surface area contributed by atoms with Gasteiger partial charge in [-0.2, -0.15) is 0 Å². The molecule has 3 N–H and O–H groups in total. The lowest BCUT2D eigenvalue weighted by Gasteiger charge is -2.18. The van der Waals surface area contributed by atoms with Gasteiger partial charge in [0.1, 0.15) is 24.9 Å². The molecule has 1 aromatic carbocycles. The minimum absolute atomic E-state index is 0.154. The molecule has 0 saturated carbocycles. The summed E-state index contributed by atoms with van der Waals surface area (Å²) in [7, 11) is 0. The van der Waals surface area contributed by atoms with E-state index in [2.05, 4.69) is 5.32 Å². The molecule has 9 nitrogen and oxygen atoms in total. The van der Waals surface area contributed by atoms with Crippen LogP contribution in [0, 0.1) is 0 Å². The van der Waals surface area contributed by atoms with Crippen molar-refractivity contribution >= 4 is 11.8 Å². The normalized spacial score (nSPS) is 29.4. The van der Waals surface area contributed by atoms with Crippen LogP contribution in [0.15, 0.2) is 18.2 Å². The maximum Gasteiger partial charge on any atom is 0.251 e. The minimum Gasteiger partial charge on any atom is -0.454 e. The van der Waals surface area contributed by atoms with E-state index in [-0.39, 0.29) is 43.7 Å². The zero-order valence-corrected chi connectivity index (χ0v) is 13.3. The van der Waals surface area contributed by atoms with Gasteiger partial charge in [0, 0.05) is 5.56 Å². The molecular weight excluding hydrogens is 332 g/mol. The van der Waals surface area contributed by atoms with Crippen molar-refractivity contribution in [2.24, 2.45) is 5.73 Å². The average Bonchev–Trinajstić information content (AvgIpc) is 3.29. The second kappa shape index (κ2) is 6.51. The van der Waals surface area contributed by atoms with Gasteiger partial charge in [0.2, 0.25) is 12.7 Å². The van der Waals surface area contributed by atoms with Crippen LogP contribution in [0.3, 0.4) is 0 Å². The number of carbonyl (C=O) groups excluding carboxylic acids is 2. The van der Waals surface area contributed by atoms with Gasteiger partial charge >= 0.3 is 0 Å². The van der Waals surface area contributed by atoms with Gasteiger partial charge < -0.3 is 34.7 Å². The third kappa shape index (κ3) is 3.13. The Morgan fingerprint density at radius 3 is 2.80 bits per heavy atom. The minimum atomic E-state index is -0.547. The van der Waals surface area contributed by atoms with Gasteiger partial charge in [-0.15, -0.1) is 0 Å². The van der Waals surface area contributed by atoms with Crippen molar-refractivity contribution in [1.29, 1.82) is 0 Å². The summed E-state index contributed by atoms with van der Waals surface area (Å²) < 4.78 is 27.3. The largest absolute Gasteiger partial charge is 0.454 e. The number of hydrogen-bond donors (Lipinski definition) is 2. The zero-order chi connectivity index (χ0) is 17.4. The molecular formula is C16H18N2O7. The summed E-state index contributed by atoms with van der Waals surface area (Å²) in [5.74, 6) is 0.367. The number of primary amides is 1. The van der Waals surface area contributed by atoms with Crippen LogP contribution in [-0.2, 0) is 19.0 Å². The first kappa shape index (κ1) is 16.1. The first-order valence-electron chi connectivity index (χ1n) is 7.95. The van der Waals surface area contributed by atoms with E-state index in [4.69, 9.17) is 29.4 Å². The van der Waals surface area contributed by atoms with E-state index in [0.29, 0.717) is 30.3 Å². The Balaban J connectivity index is 1.37. The van der Waals surface area contributed by atoms with Gasteiger partial charge in [0.15, 0.2) is 11.5 Å². The molecule has 2 fully saturated rings. The monoisotopic (exact) mass is 350 g/mol. The van der Waals surface area contributed by atoms with Crippen LogP contribution in [0.1, 0.15) is 10.4 Å². The number of carbonyl (C=O) groups is 2. The number of fused-ring (bicyclic) bond motifs is 2. The lowest BCUT2D eigenvalue weighted by Crippen LogP contribution is -2.44. The van der Waals surface area contributed by atoms with E-state index in [1.54, 1.807) is 18.2 Å². The van der Waals surface area contributed by atoms with Gasteiger partial charge in [-0.1, -0.05) is 0 Å². The van der Waals surface area contributed by atoms with Crippen LogP contribution in [0.25, 0.3) is 0 Å². The molecule has 4 rings (SSSR count). The molecule has 1 aromatic rings. The molecule has 9 heteroatoms. The van der Waals surface area contributed by atoms with Gasteiger partial charge in [0.05, 0.1) is 19.3 Å². The van der Waals surface area contributed by atoms with Crippen molar-refractivity contribution in [3.63, 3.8) is 0 Å². The van der Waals surface area contributed by atoms with Crippen LogP contribution < -0.4 is 20.5 Å². The highest BCUT2D eigenvalue weighted by Gasteiger charge is 2.48. The molecule has 2 amide bonds. The summed E-state index contributed by atoms with van der Waals surface area (Å²) in [5.41, 5.74) is 5.55. The number of rotatable bonds is 5. The van der Waals surface area contributed by atoms with Crippen LogP contribution >= 0.6 is 0 Å². The van der Waals surface area contributed by atoms with Crippen LogP contribution in [-0.4, -0.2) is 62.8 Å². The fraction of sp³-hybridized carbons (Fsp3) is 0.500. The Morgan fingerprint density at radius 2 is 1.96 bits per heavy atom. The molecule has 0 aliphatic carbocycles. The molecule has 3 aliphatic heterocycles.